The SMILES string of the molecule is CCNCc1cn[nH]c1S(=O)(=O)N1CCCCCCC1. The molecule has 0 saturated carbocycles. The third-order valence-corrected chi connectivity index (χ3v) is 5.57. The van der Waals surface area contributed by atoms with Crippen molar-refractivity contribution in [3.05, 3.63) is 11.8 Å². The van der Waals surface area contributed by atoms with Crippen molar-refractivity contribution in [1.29, 1.82) is 0 Å². The van der Waals surface area contributed by atoms with Gasteiger partial charge in [-0.05, 0) is 19.4 Å². The normalized spacial score (nSPS) is 18.6. The van der Waals surface area contributed by atoms with Gasteiger partial charge in [-0.1, -0.05) is 26.2 Å². The maximum atomic E-state index is 12.7. The van der Waals surface area contributed by atoms with Crippen LogP contribution in [0.4, 0.5) is 0 Å². The molecule has 2 N–H and O–H groups in total. The highest BCUT2D eigenvalue weighted by atomic mass is 32.2. The molecule has 2 rings (SSSR count). The van der Waals surface area contributed by atoms with Gasteiger partial charge < -0.3 is 5.32 Å². The van der Waals surface area contributed by atoms with Crippen molar-refractivity contribution >= 4 is 10.0 Å². The van der Waals surface area contributed by atoms with Gasteiger partial charge in [0, 0.05) is 25.2 Å². The van der Waals surface area contributed by atoms with Crippen LogP contribution < -0.4 is 5.32 Å². The Kier molecular flexibility index (Phi) is 5.56. The molecule has 1 aliphatic heterocycles. The van der Waals surface area contributed by atoms with E-state index in [2.05, 4.69) is 15.5 Å². The number of rotatable bonds is 5. The van der Waals surface area contributed by atoms with Gasteiger partial charge in [-0.25, -0.2) is 8.42 Å². The summed E-state index contributed by atoms with van der Waals surface area (Å²) in [4.78, 5) is 0. The zero-order chi connectivity index (χ0) is 14.4. The molecule has 114 valence electrons. The molecule has 0 spiro atoms. The Balaban J connectivity index is 2.17. The molecule has 1 aliphatic rings. The van der Waals surface area contributed by atoms with E-state index in [0.717, 1.165) is 32.2 Å². The second-order valence-corrected chi connectivity index (χ2v) is 7.05. The lowest BCUT2D eigenvalue weighted by molar-refractivity contribution is 0.362. The quantitative estimate of drug-likeness (QED) is 0.863. The number of nitrogens with zero attached hydrogens (tertiary/aromatic N) is 2. The second-order valence-electron chi connectivity index (χ2n) is 5.18. The number of hydrogen-bond donors (Lipinski definition) is 2. The summed E-state index contributed by atoms with van der Waals surface area (Å²) >= 11 is 0. The first-order valence-corrected chi connectivity index (χ1v) is 8.83. The molecule has 0 bridgehead atoms. The number of hydrogen-bond acceptors (Lipinski definition) is 4. The van der Waals surface area contributed by atoms with Crippen LogP contribution in [0.3, 0.4) is 0 Å². The van der Waals surface area contributed by atoms with Gasteiger partial charge in [-0.2, -0.15) is 9.40 Å². The molecule has 0 unspecified atom stereocenters. The fourth-order valence-corrected chi connectivity index (χ4v) is 4.12. The fraction of sp³-hybridized carbons (Fsp3) is 0.769. The van der Waals surface area contributed by atoms with Gasteiger partial charge in [0.25, 0.3) is 10.0 Å². The predicted octanol–water partition coefficient (Wildman–Crippen LogP) is 1.47. The van der Waals surface area contributed by atoms with E-state index in [0.29, 0.717) is 25.2 Å². The van der Waals surface area contributed by atoms with Gasteiger partial charge in [-0.3, -0.25) is 5.10 Å². The van der Waals surface area contributed by atoms with Crippen LogP contribution in [0.2, 0.25) is 0 Å². The lowest BCUT2D eigenvalue weighted by atomic mass is 10.1. The largest absolute Gasteiger partial charge is 0.313 e. The van der Waals surface area contributed by atoms with E-state index in [1.54, 1.807) is 10.5 Å². The number of H-pyrrole nitrogens is 1. The molecule has 1 fully saturated rings. The summed E-state index contributed by atoms with van der Waals surface area (Å²) in [7, 11) is -3.44. The summed E-state index contributed by atoms with van der Waals surface area (Å²) in [5, 5.41) is 9.97. The Morgan fingerprint density at radius 3 is 2.55 bits per heavy atom. The van der Waals surface area contributed by atoms with Crippen LogP contribution in [0, 0.1) is 0 Å². The molecule has 7 heteroatoms. The van der Waals surface area contributed by atoms with E-state index in [4.69, 9.17) is 0 Å². The maximum absolute atomic E-state index is 12.7. The molecule has 1 aromatic heterocycles. The van der Waals surface area contributed by atoms with E-state index >= 15 is 0 Å². The van der Waals surface area contributed by atoms with E-state index in [-0.39, 0.29) is 5.03 Å². The van der Waals surface area contributed by atoms with Crippen LogP contribution in [0.5, 0.6) is 0 Å². The summed E-state index contributed by atoms with van der Waals surface area (Å²) in [5.74, 6) is 0. The molecule has 0 aromatic carbocycles. The van der Waals surface area contributed by atoms with Crippen molar-refractivity contribution in [1.82, 2.24) is 19.8 Å². The molecular formula is C13H24N4O2S. The van der Waals surface area contributed by atoms with Gasteiger partial charge in [0.05, 0.1) is 6.20 Å². The topological polar surface area (TPSA) is 78.1 Å². The molecule has 0 amide bonds. The summed E-state index contributed by atoms with van der Waals surface area (Å²) < 4.78 is 27.1. The molecular weight excluding hydrogens is 276 g/mol. The highest BCUT2D eigenvalue weighted by Gasteiger charge is 2.28. The molecule has 1 saturated heterocycles. The van der Waals surface area contributed by atoms with E-state index in [1.807, 2.05) is 6.92 Å². The smallest absolute Gasteiger partial charge is 0.260 e. The summed E-state index contributed by atoms with van der Waals surface area (Å²) in [6.45, 7) is 4.54. The van der Waals surface area contributed by atoms with Crippen LogP contribution in [0.25, 0.3) is 0 Å². The number of nitrogens with one attached hydrogen (secondary N) is 2. The molecule has 0 aliphatic carbocycles. The first-order chi connectivity index (χ1) is 9.66. The van der Waals surface area contributed by atoms with Crippen LogP contribution in [0.15, 0.2) is 11.2 Å². The van der Waals surface area contributed by atoms with Gasteiger partial charge >= 0.3 is 0 Å². The Morgan fingerprint density at radius 2 is 1.90 bits per heavy atom. The maximum Gasteiger partial charge on any atom is 0.260 e. The monoisotopic (exact) mass is 300 g/mol. The van der Waals surface area contributed by atoms with E-state index in [9.17, 15) is 8.42 Å². The number of aromatic nitrogens is 2. The van der Waals surface area contributed by atoms with Crippen LogP contribution in [-0.2, 0) is 16.6 Å². The average Bonchev–Trinajstić information content (AvgIpc) is 2.84. The molecule has 1 aromatic rings. The Morgan fingerprint density at radius 1 is 1.25 bits per heavy atom. The highest BCUT2D eigenvalue weighted by molar-refractivity contribution is 7.89. The minimum absolute atomic E-state index is 0.249. The van der Waals surface area contributed by atoms with Crippen molar-refractivity contribution in [3.8, 4) is 0 Å². The van der Waals surface area contributed by atoms with Crippen molar-refractivity contribution in [2.45, 2.75) is 50.6 Å². The Bertz CT molecular complexity index is 504. The van der Waals surface area contributed by atoms with Crippen molar-refractivity contribution in [3.63, 3.8) is 0 Å². The lowest BCUT2D eigenvalue weighted by Gasteiger charge is -2.23. The second kappa shape index (κ2) is 7.19. The van der Waals surface area contributed by atoms with Crippen molar-refractivity contribution in [2.75, 3.05) is 19.6 Å². The molecule has 20 heavy (non-hydrogen) atoms. The third-order valence-electron chi connectivity index (χ3n) is 3.66. The van der Waals surface area contributed by atoms with E-state index < -0.39 is 10.0 Å². The van der Waals surface area contributed by atoms with Gasteiger partial charge in [-0.15, -0.1) is 0 Å². The summed E-state index contributed by atoms with van der Waals surface area (Å²) in [6, 6.07) is 0. The first kappa shape index (κ1) is 15.5. The number of aromatic amines is 1. The predicted molar refractivity (Wildman–Crippen MR) is 77.8 cm³/mol. The minimum atomic E-state index is -3.44. The van der Waals surface area contributed by atoms with Crippen LogP contribution in [-0.4, -0.2) is 42.6 Å². The summed E-state index contributed by atoms with van der Waals surface area (Å²) in [5.41, 5.74) is 0.717. The van der Waals surface area contributed by atoms with Gasteiger partial charge in [0.1, 0.15) is 0 Å². The fourth-order valence-electron chi connectivity index (χ4n) is 2.50. The van der Waals surface area contributed by atoms with E-state index in [1.165, 1.54) is 6.42 Å². The average molecular weight is 300 g/mol. The lowest BCUT2D eigenvalue weighted by Crippen LogP contribution is -2.34. The Labute approximate surface area is 121 Å². The standard InChI is InChI=1S/C13H24N4O2S/c1-2-14-10-12-11-15-16-13(12)20(18,19)17-8-6-4-3-5-7-9-17/h11,14H,2-10H2,1H3,(H,15,16). The minimum Gasteiger partial charge on any atom is -0.313 e. The first-order valence-electron chi connectivity index (χ1n) is 7.39. The molecule has 2 heterocycles. The molecule has 6 nitrogen and oxygen atoms in total. The third kappa shape index (κ3) is 3.59. The van der Waals surface area contributed by atoms with Gasteiger partial charge in [0.15, 0.2) is 5.03 Å². The number of sulfonamides is 1. The van der Waals surface area contributed by atoms with Crippen molar-refractivity contribution in [2.24, 2.45) is 0 Å². The Hall–Kier alpha value is -0.920. The highest BCUT2D eigenvalue weighted by Crippen LogP contribution is 2.21. The molecule has 0 radical (unpaired) electrons. The van der Waals surface area contributed by atoms with Crippen LogP contribution in [0.1, 0.15) is 44.6 Å². The van der Waals surface area contributed by atoms with Crippen LogP contribution >= 0.6 is 0 Å². The van der Waals surface area contributed by atoms with Crippen molar-refractivity contribution < 1.29 is 8.42 Å². The summed E-state index contributed by atoms with van der Waals surface area (Å²) in [6.07, 6.45) is 6.91. The zero-order valence-electron chi connectivity index (χ0n) is 12.1. The van der Waals surface area contributed by atoms with Gasteiger partial charge in [0.2, 0.25) is 0 Å². The molecule has 0 atom stereocenters. The zero-order valence-corrected chi connectivity index (χ0v) is 12.9.